The zero-order valence-electron chi connectivity index (χ0n) is 18.4. The van der Waals surface area contributed by atoms with E-state index in [1.807, 2.05) is 7.05 Å². The third kappa shape index (κ3) is 6.85. The lowest BCUT2D eigenvalue weighted by Crippen LogP contribution is -2.50. The van der Waals surface area contributed by atoms with Crippen molar-refractivity contribution in [3.63, 3.8) is 0 Å². The molecule has 29 heavy (non-hydrogen) atoms. The average Bonchev–Trinajstić information content (AvgIpc) is 2.76. The van der Waals surface area contributed by atoms with Gasteiger partial charge in [-0.05, 0) is 63.7 Å². The number of aliphatic imine (C=N–C) groups is 1. The summed E-state index contributed by atoms with van der Waals surface area (Å²) >= 11 is 0. The van der Waals surface area contributed by atoms with Gasteiger partial charge in [0, 0.05) is 52.1 Å². The number of pyridine rings is 1. The van der Waals surface area contributed by atoms with Crippen LogP contribution in [0.5, 0.6) is 0 Å². The Morgan fingerprint density at radius 3 is 2.59 bits per heavy atom. The molecule has 0 bridgehead atoms. The number of methoxy groups -OCH3 is 1. The number of nitrogens with zero attached hydrogens (tertiary/aromatic N) is 4. The molecule has 0 radical (unpaired) electrons. The van der Waals surface area contributed by atoms with E-state index in [1.165, 1.54) is 25.9 Å². The molecule has 2 saturated heterocycles. The number of ether oxygens (including phenoxy) is 1. The minimum atomic E-state index is 0.471. The number of hydrogen-bond donors (Lipinski definition) is 2. The highest BCUT2D eigenvalue weighted by atomic mass is 16.5. The maximum atomic E-state index is 5.19. The summed E-state index contributed by atoms with van der Waals surface area (Å²) in [6.07, 6.45) is 4.70. The van der Waals surface area contributed by atoms with Gasteiger partial charge in [0.05, 0.1) is 6.61 Å². The molecule has 3 rings (SSSR count). The molecule has 0 aromatic carbocycles. The number of piperidine rings is 2. The zero-order chi connectivity index (χ0) is 20.5. The van der Waals surface area contributed by atoms with Gasteiger partial charge in [0.2, 0.25) is 0 Å². The molecule has 2 aliphatic heterocycles. The summed E-state index contributed by atoms with van der Waals surface area (Å²) in [6, 6.07) is 6.73. The molecule has 0 aliphatic carbocycles. The van der Waals surface area contributed by atoms with E-state index in [2.05, 4.69) is 55.5 Å². The van der Waals surface area contributed by atoms with Crippen LogP contribution >= 0.6 is 0 Å². The van der Waals surface area contributed by atoms with Gasteiger partial charge in [-0.1, -0.05) is 6.07 Å². The highest BCUT2D eigenvalue weighted by Gasteiger charge is 2.22. The molecule has 7 nitrogen and oxygen atoms in total. The predicted molar refractivity (Wildman–Crippen MR) is 120 cm³/mol. The van der Waals surface area contributed by atoms with Crippen LogP contribution < -0.4 is 15.5 Å². The normalized spacial score (nSPS) is 20.1. The molecule has 1 aromatic heterocycles. The second-order valence-corrected chi connectivity index (χ2v) is 8.27. The zero-order valence-corrected chi connectivity index (χ0v) is 18.4. The molecule has 0 atom stereocenters. The van der Waals surface area contributed by atoms with Gasteiger partial charge < -0.3 is 25.2 Å². The Bertz CT molecular complexity index is 636. The third-order valence-corrected chi connectivity index (χ3v) is 6.13. The van der Waals surface area contributed by atoms with Crippen molar-refractivity contribution >= 4 is 11.8 Å². The van der Waals surface area contributed by atoms with Crippen molar-refractivity contribution in [2.24, 2.45) is 10.9 Å². The maximum Gasteiger partial charge on any atom is 0.191 e. The summed E-state index contributed by atoms with van der Waals surface area (Å²) in [5.41, 5.74) is 1.08. The molecule has 162 valence electrons. The molecule has 0 spiro atoms. The molecule has 0 saturated carbocycles. The molecule has 7 heteroatoms. The second-order valence-electron chi connectivity index (χ2n) is 8.27. The first kappa shape index (κ1) is 21.8. The van der Waals surface area contributed by atoms with Crippen LogP contribution in [0.2, 0.25) is 0 Å². The lowest BCUT2D eigenvalue weighted by molar-refractivity contribution is 0.121. The van der Waals surface area contributed by atoms with Crippen LogP contribution in [-0.4, -0.2) is 81.9 Å². The van der Waals surface area contributed by atoms with Gasteiger partial charge in [-0.15, -0.1) is 0 Å². The number of nitrogens with one attached hydrogen (secondary N) is 2. The second kappa shape index (κ2) is 11.4. The Labute approximate surface area is 175 Å². The molecule has 2 fully saturated rings. The van der Waals surface area contributed by atoms with Gasteiger partial charge >= 0.3 is 0 Å². The summed E-state index contributed by atoms with van der Waals surface area (Å²) in [4.78, 5) is 14.0. The summed E-state index contributed by atoms with van der Waals surface area (Å²) in [5, 5.41) is 7.19. The highest BCUT2D eigenvalue weighted by Crippen LogP contribution is 2.18. The molecule has 2 N–H and O–H groups in total. The number of guanidine groups is 1. The van der Waals surface area contributed by atoms with Crippen molar-refractivity contribution in [1.82, 2.24) is 20.5 Å². The third-order valence-electron chi connectivity index (χ3n) is 6.13. The molecular formula is C22H38N6O. The molecule has 1 aromatic rings. The van der Waals surface area contributed by atoms with E-state index < -0.39 is 0 Å². The largest absolute Gasteiger partial charge is 0.383 e. The highest BCUT2D eigenvalue weighted by molar-refractivity contribution is 5.80. The fourth-order valence-corrected chi connectivity index (χ4v) is 4.22. The Hall–Kier alpha value is -1.86. The fourth-order valence-electron chi connectivity index (χ4n) is 4.22. The molecule has 0 amide bonds. The van der Waals surface area contributed by atoms with Crippen molar-refractivity contribution in [3.05, 3.63) is 23.9 Å². The van der Waals surface area contributed by atoms with Crippen molar-refractivity contribution < 1.29 is 4.74 Å². The predicted octanol–water partition coefficient (Wildman–Crippen LogP) is 1.88. The number of aromatic nitrogens is 1. The van der Waals surface area contributed by atoms with E-state index in [-0.39, 0.29) is 0 Å². The van der Waals surface area contributed by atoms with Crippen LogP contribution in [0.3, 0.4) is 0 Å². The molecule has 2 aliphatic rings. The van der Waals surface area contributed by atoms with E-state index in [4.69, 9.17) is 4.74 Å². The molecule has 0 unspecified atom stereocenters. The number of hydrogen-bond acceptors (Lipinski definition) is 5. The Morgan fingerprint density at radius 2 is 1.93 bits per heavy atom. The Kier molecular flexibility index (Phi) is 8.55. The Morgan fingerprint density at radius 1 is 1.17 bits per heavy atom. The SMILES string of the molecule is CN=C(NCC1CCN(CCOC)CC1)NC1CCN(c2cccc(C)n2)CC1. The van der Waals surface area contributed by atoms with Gasteiger partial charge in [-0.3, -0.25) is 4.99 Å². The van der Waals surface area contributed by atoms with Crippen LogP contribution in [0.25, 0.3) is 0 Å². The lowest BCUT2D eigenvalue weighted by atomic mass is 9.97. The van der Waals surface area contributed by atoms with Crippen molar-refractivity contribution in [1.29, 1.82) is 0 Å². The van der Waals surface area contributed by atoms with Crippen molar-refractivity contribution in [2.75, 3.05) is 64.9 Å². The summed E-state index contributed by atoms with van der Waals surface area (Å²) in [5.74, 6) is 2.77. The van der Waals surface area contributed by atoms with E-state index in [9.17, 15) is 0 Å². The van der Waals surface area contributed by atoms with E-state index in [0.29, 0.717) is 6.04 Å². The monoisotopic (exact) mass is 402 g/mol. The van der Waals surface area contributed by atoms with Crippen LogP contribution in [0.15, 0.2) is 23.2 Å². The fraction of sp³-hybridized carbons (Fsp3) is 0.727. The molecular weight excluding hydrogens is 364 g/mol. The van der Waals surface area contributed by atoms with E-state index >= 15 is 0 Å². The number of rotatable bonds is 7. The Balaban J connectivity index is 1.36. The standard InChI is InChI=1S/C22H38N6O/c1-18-5-4-6-21(25-18)28-13-9-20(10-14-28)26-22(23-2)24-17-19-7-11-27(12-8-19)15-16-29-3/h4-6,19-20H,7-17H2,1-3H3,(H2,23,24,26). The van der Waals surface area contributed by atoms with Gasteiger partial charge in [-0.2, -0.15) is 0 Å². The smallest absolute Gasteiger partial charge is 0.191 e. The van der Waals surface area contributed by atoms with Gasteiger partial charge in [0.1, 0.15) is 5.82 Å². The van der Waals surface area contributed by atoms with Gasteiger partial charge in [0.15, 0.2) is 5.96 Å². The van der Waals surface area contributed by atoms with Crippen LogP contribution in [0.1, 0.15) is 31.4 Å². The van der Waals surface area contributed by atoms with E-state index in [0.717, 1.165) is 69.0 Å². The van der Waals surface area contributed by atoms with Gasteiger partial charge in [-0.25, -0.2) is 4.98 Å². The van der Waals surface area contributed by atoms with Gasteiger partial charge in [0.25, 0.3) is 0 Å². The van der Waals surface area contributed by atoms with E-state index in [1.54, 1.807) is 7.11 Å². The summed E-state index contributed by atoms with van der Waals surface area (Å²) < 4.78 is 5.19. The quantitative estimate of drug-likeness (QED) is 0.536. The lowest BCUT2D eigenvalue weighted by Gasteiger charge is -2.34. The first-order valence-electron chi connectivity index (χ1n) is 11.0. The molecule has 3 heterocycles. The number of anilines is 1. The first-order valence-corrected chi connectivity index (χ1v) is 11.0. The van der Waals surface area contributed by atoms with Crippen LogP contribution in [0.4, 0.5) is 5.82 Å². The number of aryl methyl sites for hydroxylation is 1. The van der Waals surface area contributed by atoms with Crippen molar-refractivity contribution in [3.8, 4) is 0 Å². The minimum absolute atomic E-state index is 0.471. The number of likely N-dealkylation sites (tertiary alicyclic amines) is 1. The topological polar surface area (TPSA) is 65.0 Å². The average molecular weight is 403 g/mol. The minimum Gasteiger partial charge on any atom is -0.383 e. The van der Waals surface area contributed by atoms with Crippen LogP contribution in [0, 0.1) is 12.8 Å². The first-order chi connectivity index (χ1) is 14.2. The van der Waals surface area contributed by atoms with Crippen molar-refractivity contribution in [2.45, 2.75) is 38.6 Å². The maximum absolute atomic E-state index is 5.19. The van der Waals surface area contributed by atoms with Crippen LogP contribution in [-0.2, 0) is 4.74 Å². The summed E-state index contributed by atoms with van der Waals surface area (Å²) in [6.45, 7) is 9.35. The summed E-state index contributed by atoms with van der Waals surface area (Å²) in [7, 11) is 3.65.